The first-order valence-corrected chi connectivity index (χ1v) is 7.42. The number of anilines is 1. The number of ether oxygens (including phenoxy) is 1. The molecule has 2 rings (SSSR count). The lowest BCUT2D eigenvalue weighted by Gasteiger charge is -2.06. The van der Waals surface area contributed by atoms with Gasteiger partial charge in [-0.05, 0) is 30.3 Å². The molecule has 0 aliphatic carbocycles. The summed E-state index contributed by atoms with van der Waals surface area (Å²) in [6.45, 7) is 0.150. The van der Waals surface area contributed by atoms with Gasteiger partial charge in [-0.15, -0.1) is 0 Å². The minimum atomic E-state index is -0.228. The van der Waals surface area contributed by atoms with E-state index < -0.39 is 0 Å². The second-order valence-electron chi connectivity index (χ2n) is 4.40. The maximum Gasteiger partial charge on any atom is 0.259 e. The Morgan fingerprint density at radius 2 is 2.05 bits per heavy atom. The van der Waals surface area contributed by atoms with E-state index in [4.69, 9.17) is 4.74 Å². The lowest BCUT2D eigenvalue weighted by atomic mass is 10.2. The molecule has 2 aromatic carbocycles. The van der Waals surface area contributed by atoms with Crippen LogP contribution in [0.1, 0.15) is 5.56 Å². The van der Waals surface area contributed by atoms with Gasteiger partial charge in [0.05, 0.1) is 19.9 Å². The first kappa shape index (κ1) is 16.0. The molecule has 0 heterocycles. The van der Waals surface area contributed by atoms with Crippen LogP contribution in [-0.4, -0.2) is 25.8 Å². The van der Waals surface area contributed by atoms with E-state index in [1.54, 1.807) is 13.3 Å². The predicted molar refractivity (Wildman–Crippen MR) is 91.4 cm³/mol. The highest BCUT2D eigenvalue weighted by molar-refractivity contribution is 9.10. The number of amides is 1. The maximum absolute atomic E-state index is 11.7. The van der Waals surface area contributed by atoms with Crippen LogP contribution in [0.5, 0.6) is 5.75 Å². The van der Waals surface area contributed by atoms with Crippen molar-refractivity contribution in [2.24, 2.45) is 5.10 Å². The van der Waals surface area contributed by atoms with Crippen LogP contribution in [0.25, 0.3) is 0 Å². The number of rotatable bonds is 6. The molecule has 0 unspecified atom stereocenters. The van der Waals surface area contributed by atoms with E-state index in [0.29, 0.717) is 5.75 Å². The number of benzene rings is 2. The molecule has 0 saturated heterocycles. The summed E-state index contributed by atoms with van der Waals surface area (Å²) in [7, 11) is 1.59. The number of nitrogens with zero attached hydrogens (tertiary/aromatic N) is 1. The second-order valence-corrected chi connectivity index (χ2v) is 5.31. The molecule has 2 aromatic rings. The lowest BCUT2D eigenvalue weighted by Crippen LogP contribution is -2.25. The highest BCUT2D eigenvalue weighted by Crippen LogP contribution is 2.21. The van der Waals surface area contributed by atoms with E-state index in [0.717, 1.165) is 15.7 Å². The van der Waals surface area contributed by atoms with Gasteiger partial charge < -0.3 is 10.1 Å². The van der Waals surface area contributed by atoms with E-state index in [2.05, 4.69) is 31.8 Å². The van der Waals surface area contributed by atoms with Gasteiger partial charge in [-0.3, -0.25) is 4.79 Å². The summed E-state index contributed by atoms with van der Waals surface area (Å²) >= 11 is 3.38. The summed E-state index contributed by atoms with van der Waals surface area (Å²) in [5.74, 6) is 0.456. The summed E-state index contributed by atoms with van der Waals surface area (Å²) in [4.78, 5) is 11.7. The summed E-state index contributed by atoms with van der Waals surface area (Å²) < 4.78 is 6.14. The van der Waals surface area contributed by atoms with Crippen molar-refractivity contribution in [1.29, 1.82) is 0 Å². The van der Waals surface area contributed by atoms with Crippen LogP contribution in [0.2, 0.25) is 0 Å². The Kier molecular flexibility index (Phi) is 5.97. The van der Waals surface area contributed by atoms with Crippen molar-refractivity contribution in [3.05, 3.63) is 58.6 Å². The van der Waals surface area contributed by atoms with Gasteiger partial charge in [0, 0.05) is 15.7 Å². The highest BCUT2D eigenvalue weighted by Gasteiger charge is 2.02. The lowest BCUT2D eigenvalue weighted by molar-refractivity contribution is -0.119. The van der Waals surface area contributed by atoms with Crippen LogP contribution < -0.4 is 15.5 Å². The topological polar surface area (TPSA) is 62.7 Å². The van der Waals surface area contributed by atoms with Crippen LogP contribution in [0.4, 0.5) is 5.69 Å². The number of carbonyl (C=O) groups excluding carboxylic acids is 1. The van der Waals surface area contributed by atoms with E-state index in [9.17, 15) is 4.79 Å². The molecule has 0 saturated carbocycles. The summed E-state index contributed by atoms with van der Waals surface area (Å²) in [6.07, 6.45) is 1.55. The number of para-hydroxylation sites is 1. The Bertz CT molecular complexity index is 660. The third-order valence-electron chi connectivity index (χ3n) is 2.81. The van der Waals surface area contributed by atoms with Crippen LogP contribution in [0.3, 0.4) is 0 Å². The fourth-order valence-electron chi connectivity index (χ4n) is 1.76. The minimum Gasteiger partial charge on any atom is -0.496 e. The summed E-state index contributed by atoms with van der Waals surface area (Å²) in [6, 6.07) is 15.1. The van der Waals surface area contributed by atoms with Crippen molar-refractivity contribution < 1.29 is 9.53 Å². The molecule has 0 atom stereocenters. The Morgan fingerprint density at radius 3 is 2.77 bits per heavy atom. The average molecular weight is 362 g/mol. The van der Waals surface area contributed by atoms with Crippen LogP contribution in [0, 0.1) is 0 Å². The molecule has 0 radical (unpaired) electrons. The molecule has 0 spiro atoms. The van der Waals surface area contributed by atoms with Gasteiger partial charge in [0.2, 0.25) is 0 Å². The summed E-state index contributed by atoms with van der Waals surface area (Å²) in [5.41, 5.74) is 4.13. The maximum atomic E-state index is 11.7. The Hall–Kier alpha value is -2.34. The molecule has 0 fully saturated rings. The quantitative estimate of drug-likeness (QED) is 0.613. The van der Waals surface area contributed by atoms with Crippen molar-refractivity contribution in [3.63, 3.8) is 0 Å². The van der Waals surface area contributed by atoms with E-state index in [-0.39, 0.29) is 12.5 Å². The molecule has 0 aliphatic rings. The molecule has 0 aliphatic heterocycles. The van der Waals surface area contributed by atoms with E-state index in [1.165, 1.54) is 0 Å². The molecule has 0 aromatic heterocycles. The highest BCUT2D eigenvalue weighted by atomic mass is 79.9. The Morgan fingerprint density at radius 1 is 1.27 bits per heavy atom. The third kappa shape index (κ3) is 4.89. The zero-order chi connectivity index (χ0) is 15.8. The van der Waals surface area contributed by atoms with Crippen molar-refractivity contribution in [2.75, 3.05) is 19.0 Å². The third-order valence-corrected chi connectivity index (χ3v) is 3.30. The standard InChI is InChI=1S/C16H16BrN3O2/c1-22-15-8-7-13(17)9-12(15)10-19-20-16(21)11-18-14-5-3-2-4-6-14/h2-10,18H,11H2,1H3,(H,20,21)/b19-10+. The fraction of sp³-hybridized carbons (Fsp3) is 0.125. The Balaban J connectivity index is 1.87. The SMILES string of the molecule is COc1ccc(Br)cc1/C=N/NC(=O)CNc1ccccc1. The first-order chi connectivity index (χ1) is 10.7. The minimum absolute atomic E-state index is 0.150. The summed E-state index contributed by atoms with van der Waals surface area (Å²) in [5, 5.41) is 6.94. The van der Waals surface area contributed by atoms with E-state index >= 15 is 0 Å². The van der Waals surface area contributed by atoms with Gasteiger partial charge in [0.15, 0.2) is 0 Å². The second kappa shape index (κ2) is 8.19. The van der Waals surface area contributed by atoms with Crippen molar-refractivity contribution in [2.45, 2.75) is 0 Å². The number of nitrogens with one attached hydrogen (secondary N) is 2. The number of hydrazone groups is 1. The van der Waals surface area contributed by atoms with Crippen LogP contribution in [0.15, 0.2) is 58.1 Å². The number of methoxy groups -OCH3 is 1. The molecule has 2 N–H and O–H groups in total. The number of hydrogen-bond donors (Lipinski definition) is 2. The predicted octanol–water partition coefficient (Wildman–Crippen LogP) is 3.02. The molecule has 0 bridgehead atoms. The molecule has 114 valence electrons. The van der Waals surface area contributed by atoms with Gasteiger partial charge in [-0.2, -0.15) is 5.10 Å². The molecular weight excluding hydrogens is 346 g/mol. The molecule has 5 nitrogen and oxygen atoms in total. The van der Waals surface area contributed by atoms with Gasteiger partial charge >= 0.3 is 0 Å². The van der Waals surface area contributed by atoms with Gasteiger partial charge in [-0.1, -0.05) is 34.1 Å². The number of halogens is 1. The smallest absolute Gasteiger partial charge is 0.259 e. The molecule has 1 amide bonds. The van der Waals surface area contributed by atoms with Gasteiger partial charge in [-0.25, -0.2) is 5.43 Å². The number of carbonyl (C=O) groups is 1. The zero-order valence-corrected chi connectivity index (χ0v) is 13.6. The largest absolute Gasteiger partial charge is 0.496 e. The fourth-order valence-corrected chi connectivity index (χ4v) is 2.14. The Labute approximate surface area is 137 Å². The van der Waals surface area contributed by atoms with E-state index in [1.807, 2.05) is 48.5 Å². The van der Waals surface area contributed by atoms with Gasteiger partial charge in [0.25, 0.3) is 5.91 Å². The van der Waals surface area contributed by atoms with Crippen LogP contribution >= 0.6 is 15.9 Å². The van der Waals surface area contributed by atoms with Crippen molar-refractivity contribution in [1.82, 2.24) is 5.43 Å². The zero-order valence-electron chi connectivity index (χ0n) is 12.0. The first-order valence-electron chi connectivity index (χ1n) is 6.63. The van der Waals surface area contributed by atoms with Crippen molar-refractivity contribution >= 4 is 33.7 Å². The molecule has 6 heteroatoms. The number of hydrogen-bond acceptors (Lipinski definition) is 4. The average Bonchev–Trinajstić information content (AvgIpc) is 2.54. The molecular formula is C16H16BrN3O2. The molecule has 22 heavy (non-hydrogen) atoms. The van der Waals surface area contributed by atoms with Crippen LogP contribution in [-0.2, 0) is 4.79 Å². The normalized spacial score (nSPS) is 10.5. The van der Waals surface area contributed by atoms with Gasteiger partial charge in [0.1, 0.15) is 5.75 Å². The monoisotopic (exact) mass is 361 g/mol. The van der Waals surface area contributed by atoms with Crippen molar-refractivity contribution in [3.8, 4) is 5.75 Å².